The van der Waals surface area contributed by atoms with E-state index in [0.29, 0.717) is 22.2 Å². The van der Waals surface area contributed by atoms with Gasteiger partial charge in [-0.1, -0.05) is 24.6 Å². The van der Waals surface area contributed by atoms with Gasteiger partial charge in [-0.15, -0.1) is 0 Å². The van der Waals surface area contributed by atoms with Crippen molar-refractivity contribution in [1.82, 2.24) is 9.97 Å². The highest BCUT2D eigenvalue weighted by atomic mass is 35.5. The van der Waals surface area contributed by atoms with Crippen molar-refractivity contribution in [3.63, 3.8) is 0 Å². The Morgan fingerprint density at radius 2 is 2.15 bits per heavy atom. The summed E-state index contributed by atoms with van der Waals surface area (Å²) in [7, 11) is 0. The molecular weight excluding hydrogens is 276 g/mol. The van der Waals surface area contributed by atoms with E-state index in [1.807, 2.05) is 0 Å². The highest BCUT2D eigenvalue weighted by molar-refractivity contribution is 6.34. The van der Waals surface area contributed by atoms with E-state index >= 15 is 0 Å². The third kappa shape index (κ3) is 3.68. The van der Waals surface area contributed by atoms with Crippen molar-refractivity contribution >= 4 is 29.1 Å². The van der Waals surface area contributed by atoms with Crippen LogP contribution in [0.3, 0.4) is 0 Å². The number of aromatic nitrogens is 2. The van der Waals surface area contributed by atoms with Gasteiger partial charge >= 0.3 is 0 Å². The van der Waals surface area contributed by atoms with Gasteiger partial charge in [-0.05, 0) is 24.6 Å². The van der Waals surface area contributed by atoms with E-state index in [-0.39, 0.29) is 5.91 Å². The Labute approximate surface area is 122 Å². The molecule has 2 rings (SSSR count). The van der Waals surface area contributed by atoms with Crippen molar-refractivity contribution in [2.24, 2.45) is 0 Å². The van der Waals surface area contributed by atoms with Crippen LogP contribution < -0.4 is 10.6 Å². The summed E-state index contributed by atoms with van der Waals surface area (Å²) in [5.74, 6) is 0.798. The zero-order valence-electron chi connectivity index (χ0n) is 11.1. The van der Waals surface area contributed by atoms with Crippen molar-refractivity contribution in [2.45, 2.75) is 13.3 Å². The number of halogens is 1. The van der Waals surface area contributed by atoms with Crippen LogP contribution in [-0.4, -0.2) is 22.4 Å². The van der Waals surface area contributed by atoms with E-state index < -0.39 is 0 Å². The van der Waals surface area contributed by atoms with Gasteiger partial charge in [0, 0.05) is 18.9 Å². The van der Waals surface area contributed by atoms with Gasteiger partial charge in [0.1, 0.15) is 11.6 Å². The number of nitrogens with zero attached hydrogens (tertiary/aromatic N) is 2. The van der Waals surface area contributed by atoms with Crippen molar-refractivity contribution in [3.8, 4) is 0 Å². The van der Waals surface area contributed by atoms with Gasteiger partial charge in [-0.3, -0.25) is 4.79 Å². The first-order valence-electron chi connectivity index (χ1n) is 6.32. The second kappa shape index (κ2) is 6.86. The number of hydrogen-bond donors (Lipinski definition) is 2. The fourth-order valence-electron chi connectivity index (χ4n) is 1.58. The number of pyridine rings is 2. The molecule has 1 amide bonds. The van der Waals surface area contributed by atoms with E-state index in [9.17, 15) is 4.79 Å². The minimum absolute atomic E-state index is 0.306. The molecule has 0 saturated heterocycles. The molecule has 0 aliphatic heterocycles. The molecule has 0 aliphatic rings. The van der Waals surface area contributed by atoms with Gasteiger partial charge in [0.25, 0.3) is 5.91 Å². The van der Waals surface area contributed by atoms with Crippen LogP contribution in [0.2, 0.25) is 5.02 Å². The van der Waals surface area contributed by atoms with Crippen molar-refractivity contribution in [3.05, 3.63) is 47.2 Å². The summed E-state index contributed by atoms with van der Waals surface area (Å²) in [5.41, 5.74) is 0.367. The predicted molar refractivity (Wildman–Crippen MR) is 80.2 cm³/mol. The van der Waals surface area contributed by atoms with Crippen LogP contribution >= 0.6 is 11.6 Å². The molecular formula is C14H15ClN4O. The molecule has 6 heteroatoms. The number of amides is 1. The lowest BCUT2D eigenvalue weighted by molar-refractivity contribution is 0.102. The monoisotopic (exact) mass is 290 g/mol. The van der Waals surface area contributed by atoms with Crippen molar-refractivity contribution < 1.29 is 4.79 Å². The van der Waals surface area contributed by atoms with Crippen LogP contribution in [0.1, 0.15) is 23.7 Å². The molecule has 0 atom stereocenters. The van der Waals surface area contributed by atoms with Crippen molar-refractivity contribution in [1.29, 1.82) is 0 Å². The second-order valence-corrected chi connectivity index (χ2v) is 4.55. The van der Waals surface area contributed by atoms with Gasteiger partial charge in [0.15, 0.2) is 0 Å². The average Bonchev–Trinajstić information content (AvgIpc) is 2.47. The number of rotatable bonds is 5. The normalized spacial score (nSPS) is 10.1. The molecule has 2 aromatic heterocycles. The Hall–Kier alpha value is -2.14. The highest BCUT2D eigenvalue weighted by Crippen LogP contribution is 2.19. The maximum atomic E-state index is 12.2. The lowest BCUT2D eigenvalue weighted by Gasteiger charge is -2.08. The molecule has 0 unspecified atom stereocenters. The summed E-state index contributed by atoms with van der Waals surface area (Å²) < 4.78 is 0. The van der Waals surface area contributed by atoms with Crippen molar-refractivity contribution in [2.75, 3.05) is 17.2 Å². The van der Waals surface area contributed by atoms with Crippen LogP contribution in [0.15, 0.2) is 36.7 Å². The van der Waals surface area contributed by atoms with Crippen LogP contribution in [0.5, 0.6) is 0 Å². The minimum atomic E-state index is -0.310. The Morgan fingerprint density at radius 3 is 2.85 bits per heavy atom. The van der Waals surface area contributed by atoms with E-state index in [0.717, 1.165) is 13.0 Å². The molecule has 0 spiro atoms. The Bertz CT molecular complexity index is 589. The molecule has 104 valence electrons. The zero-order valence-corrected chi connectivity index (χ0v) is 11.8. The van der Waals surface area contributed by atoms with E-state index in [1.165, 1.54) is 6.20 Å². The molecule has 0 radical (unpaired) electrons. The van der Waals surface area contributed by atoms with E-state index in [1.54, 1.807) is 30.5 Å². The molecule has 0 bridgehead atoms. The summed E-state index contributed by atoms with van der Waals surface area (Å²) in [6.45, 7) is 2.84. The van der Waals surface area contributed by atoms with Crippen LogP contribution in [0.25, 0.3) is 0 Å². The molecule has 0 aliphatic carbocycles. The number of carbonyl (C=O) groups is 1. The van der Waals surface area contributed by atoms with Crippen LogP contribution in [0.4, 0.5) is 11.6 Å². The number of carbonyl (C=O) groups excluding carboxylic acids is 1. The predicted octanol–water partition coefficient (Wildman–Crippen LogP) is 3.20. The summed E-state index contributed by atoms with van der Waals surface area (Å²) in [6.07, 6.45) is 4.05. The van der Waals surface area contributed by atoms with Gasteiger partial charge in [-0.25, -0.2) is 9.97 Å². The van der Waals surface area contributed by atoms with Crippen LogP contribution in [0, 0.1) is 0 Å². The minimum Gasteiger partial charge on any atom is -0.370 e. The lowest BCUT2D eigenvalue weighted by atomic mass is 10.2. The third-order valence-electron chi connectivity index (χ3n) is 2.56. The van der Waals surface area contributed by atoms with E-state index in [4.69, 9.17) is 11.6 Å². The first-order valence-corrected chi connectivity index (χ1v) is 6.70. The van der Waals surface area contributed by atoms with Gasteiger partial charge < -0.3 is 10.6 Å². The van der Waals surface area contributed by atoms with Gasteiger partial charge in [0.2, 0.25) is 0 Å². The Balaban J connectivity index is 2.16. The topological polar surface area (TPSA) is 66.9 Å². The Kier molecular flexibility index (Phi) is 4.90. The fourth-order valence-corrected chi connectivity index (χ4v) is 1.77. The van der Waals surface area contributed by atoms with Gasteiger partial charge in [-0.2, -0.15) is 0 Å². The number of hydrogen-bond acceptors (Lipinski definition) is 4. The standard InChI is InChI=1S/C14H15ClN4O/c1-2-6-16-13-8-10(11(15)9-18-13)14(20)19-12-5-3-4-7-17-12/h3-5,7-9H,2,6H2,1H3,(H,16,18)(H,17,19,20). The summed E-state index contributed by atoms with van der Waals surface area (Å²) in [6, 6.07) is 6.92. The highest BCUT2D eigenvalue weighted by Gasteiger charge is 2.12. The van der Waals surface area contributed by atoms with E-state index in [2.05, 4.69) is 27.5 Å². The number of nitrogens with one attached hydrogen (secondary N) is 2. The maximum absolute atomic E-state index is 12.2. The maximum Gasteiger partial charge on any atom is 0.258 e. The zero-order chi connectivity index (χ0) is 14.4. The summed E-state index contributed by atoms with van der Waals surface area (Å²) >= 11 is 6.02. The fraction of sp³-hybridized carbons (Fsp3) is 0.214. The van der Waals surface area contributed by atoms with Crippen LogP contribution in [-0.2, 0) is 0 Å². The molecule has 20 heavy (non-hydrogen) atoms. The number of anilines is 2. The quantitative estimate of drug-likeness (QED) is 0.887. The Morgan fingerprint density at radius 1 is 1.30 bits per heavy atom. The first kappa shape index (κ1) is 14.3. The average molecular weight is 291 g/mol. The first-order chi connectivity index (χ1) is 9.70. The molecule has 2 heterocycles. The molecule has 0 fully saturated rings. The molecule has 5 nitrogen and oxygen atoms in total. The molecule has 2 N–H and O–H groups in total. The van der Waals surface area contributed by atoms with Gasteiger partial charge in [0.05, 0.1) is 10.6 Å². The third-order valence-corrected chi connectivity index (χ3v) is 2.86. The second-order valence-electron chi connectivity index (χ2n) is 4.15. The smallest absolute Gasteiger partial charge is 0.258 e. The largest absolute Gasteiger partial charge is 0.370 e. The lowest BCUT2D eigenvalue weighted by Crippen LogP contribution is -2.14. The SMILES string of the molecule is CCCNc1cc(C(=O)Nc2ccccn2)c(Cl)cn1. The molecule has 2 aromatic rings. The molecule has 0 saturated carbocycles. The molecule has 0 aromatic carbocycles. The summed E-state index contributed by atoms with van der Waals surface area (Å²) in [5, 5.41) is 6.11. The summed E-state index contributed by atoms with van der Waals surface area (Å²) in [4.78, 5) is 20.3.